The molecule has 0 spiro atoms. The van der Waals surface area contributed by atoms with Crippen molar-refractivity contribution in [3.8, 4) is 0 Å². The number of rotatable bonds is 6. The van der Waals surface area contributed by atoms with E-state index in [-0.39, 0.29) is 23.5 Å². The molecule has 202 valence electrons. The summed E-state index contributed by atoms with van der Waals surface area (Å²) in [6.07, 6.45) is 15.3. The van der Waals surface area contributed by atoms with Crippen molar-refractivity contribution >= 4 is 11.9 Å². The predicted molar refractivity (Wildman–Crippen MR) is 144 cm³/mol. The van der Waals surface area contributed by atoms with Gasteiger partial charge in [-0.3, -0.25) is 9.59 Å². The molecule has 0 aromatic carbocycles. The monoisotopic (exact) mass is 498 g/mol. The second-order valence-electron chi connectivity index (χ2n) is 13.6. The van der Waals surface area contributed by atoms with Crippen LogP contribution in [0.4, 0.5) is 0 Å². The highest BCUT2D eigenvalue weighted by molar-refractivity contribution is 5.67. The molecule has 0 aliphatic heterocycles. The van der Waals surface area contributed by atoms with Crippen LogP contribution in [0.5, 0.6) is 0 Å². The number of carbonyl (C=O) groups excluding carboxylic acids is 2. The second-order valence-corrected chi connectivity index (χ2v) is 13.6. The topological polar surface area (TPSA) is 52.6 Å². The molecule has 4 aliphatic rings. The second kappa shape index (κ2) is 9.95. The van der Waals surface area contributed by atoms with Crippen LogP contribution in [0, 0.1) is 46.3 Å². The lowest BCUT2D eigenvalue weighted by Gasteiger charge is -2.62. The van der Waals surface area contributed by atoms with Crippen LogP contribution in [0.3, 0.4) is 0 Å². The van der Waals surface area contributed by atoms with E-state index in [9.17, 15) is 9.59 Å². The minimum absolute atomic E-state index is 0.114. The molecule has 3 saturated carbocycles. The van der Waals surface area contributed by atoms with Crippen LogP contribution in [0.1, 0.15) is 107 Å². The maximum absolute atomic E-state index is 12.3. The molecule has 0 amide bonds. The van der Waals surface area contributed by atoms with Crippen LogP contribution in [0.15, 0.2) is 23.8 Å². The minimum Gasteiger partial charge on any atom is -0.462 e. The summed E-state index contributed by atoms with van der Waals surface area (Å²) < 4.78 is 11.9. The molecule has 9 atom stereocenters. The fraction of sp³-hybridized carbons (Fsp3) is 0.812. The highest BCUT2D eigenvalue weighted by Crippen LogP contribution is 2.68. The minimum atomic E-state index is -0.583. The van der Waals surface area contributed by atoms with E-state index >= 15 is 0 Å². The van der Waals surface area contributed by atoms with E-state index in [1.807, 2.05) is 0 Å². The average molecular weight is 499 g/mol. The average Bonchev–Trinajstić information content (AvgIpc) is 3.14. The Hall–Kier alpha value is -1.58. The Morgan fingerprint density at radius 3 is 2.31 bits per heavy atom. The van der Waals surface area contributed by atoms with Crippen molar-refractivity contribution in [3.63, 3.8) is 0 Å². The lowest BCUT2D eigenvalue weighted by atomic mass is 9.46. The third-order valence-corrected chi connectivity index (χ3v) is 11.3. The van der Waals surface area contributed by atoms with Gasteiger partial charge in [-0.25, -0.2) is 0 Å². The molecule has 3 fully saturated rings. The van der Waals surface area contributed by atoms with Crippen LogP contribution < -0.4 is 0 Å². The molecule has 4 rings (SSSR count). The molecule has 0 heterocycles. The smallest absolute Gasteiger partial charge is 0.303 e. The van der Waals surface area contributed by atoms with Crippen LogP contribution in [0.25, 0.3) is 0 Å². The summed E-state index contributed by atoms with van der Waals surface area (Å²) in [5, 5.41) is 0. The van der Waals surface area contributed by atoms with Crippen molar-refractivity contribution in [2.75, 3.05) is 0 Å². The van der Waals surface area contributed by atoms with Crippen LogP contribution >= 0.6 is 0 Å². The highest BCUT2D eigenvalue weighted by atomic mass is 16.6. The Bertz CT molecular complexity index is 917. The molecule has 4 aliphatic carbocycles. The van der Waals surface area contributed by atoms with E-state index in [1.165, 1.54) is 33.1 Å². The quantitative estimate of drug-likeness (QED) is 0.278. The van der Waals surface area contributed by atoms with Gasteiger partial charge in [-0.2, -0.15) is 0 Å². The third-order valence-electron chi connectivity index (χ3n) is 11.3. The van der Waals surface area contributed by atoms with E-state index in [0.717, 1.165) is 25.7 Å². The molecule has 0 bridgehead atoms. The van der Waals surface area contributed by atoms with Gasteiger partial charge in [0.2, 0.25) is 0 Å². The fourth-order valence-corrected chi connectivity index (χ4v) is 8.87. The zero-order chi connectivity index (χ0) is 26.5. The van der Waals surface area contributed by atoms with Gasteiger partial charge in [0.15, 0.2) is 0 Å². The molecule has 0 N–H and O–H groups in total. The van der Waals surface area contributed by atoms with Crippen LogP contribution in [-0.4, -0.2) is 23.6 Å². The zero-order valence-corrected chi connectivity index (χ0v) is 24.1. The summed E-state index contributed by atoms with van der Waals surface area (Å²) in [6.45, 7) is 17.3. The normalized spacial score (nSPS) is 41.6. The maximum atomic E-state index is 12.3. The lowest BCUT2D eigenvalue weighted by Crippen LogP contribution is -2.61. The number of hydrogen-bond acceptors (Lipinski definition) is 4. The SMILES string of the molecule is CC(=O)O[C@@H]1CCC2(C)C3CCC4(C)C(CCC4[C@H](C)/C=C/[C@H](C)C(C)C)C3=CC[C@@]2(OC(C)=O)C1. The van der Waals surface area contributed by atoms with Gasteiger partial charge in [-0.05, 0) is 79.4 Å². The zero-order valence-electron chi connectivity index (χ0n) is 24.1. The third kappa shape index (κ3) is 4.60. The Labute approximate surface area is 219 Å². The number of hydrogen-bond donors (Lipinski definition) is 0. The number of allylic oxidation sites excluding steroid dienone is 3. The number of esters is 2. The van der Waals surface area contributed by atoms with Crippen molar-refractivity contribution in [2.45, 2.75) is 118 Å². The van der Waals surface area contributed by atoms with Gasteiger partial charge in [0.25, 0.3) is 0 Å². The van der Waals surface area contributed by atoms with Crippen molar-refractivity contribution < 1.29 is 19.1 Å². The van der Waals surface area contributed by atoms with Gasteiger partial charge in [0.1, 0.15) is 11.7 Å². The van der Waals surface area contributed by atoms with Crippen molar-refractivity contribution in [1.29, 1.82) is 0 Å². The molecular weight excluding hydrogens is 448 g/mol. The molecule has 5 unspecified atom stereocenters. The number of carbonyl (C=O) groups is 2. The molecular formula is C32H50O4. The van der Waals surface area contributed by atoms with Gasteiger partial charge in [-0.1, -0.05) is 65.3 Å². The molecule has 0 aromatic heterocycles. The van der Waals surface area contributed by atoms with E-state index in [2.05, 4.69) is 59.8 Å². The molecule has 0 saturated heterocycles. The molecule has 0 radical (unpaired) electrons. The number of ether oxygens (including phenoxy) is 2. The van der Waals surface area contributed by atoms with Gasteiger partial charge < -0.3 is 9.47 Å². The van der Waals surface area contributed by atoms with Crippen LogP contribution in [0.2, 0.25) is 0 Å². The first-order valence-electron chi connectivity index (χ1n) is 14.6. The van der Waals surface area contributed by atoms with Crippen molar-refractivity contribution in [1.82, 2.24) is 0 Å². The van der Waals surface area contributed by atoms with Gasteiger partial charge in [0.05, 0.1) is 0 Å². The summed E-state index contributed by atoms with van der Waals surface area (Å²) >= 11 is 0. The summed E-state index contributed by atoms with van der Waals surface area (Å²) in [6, 6.07) is 0. The summed E-state index contributed by atoms with van der Waals surface area (Å²) in [5.41, 5.74) is 1.28. The van der Waals surface area contributed by atoms with E-state index in [1.54, 1.807) is 5.57 Å². The number of fused-ring (bicyclic) bond motifs is 5. The van der Waals surface area contributed by atoms with Crippen molar-refractivity contribution in [3.05, 3.63) is 23.8 Å². The molecule has 4 nitrogen and oxygen atoms in total. The Kier molecular flexibility index (Phi) is 7.59. The lowest BCUT2D eigenvalue weighted by molar-refractivity contribution is -0.209. The van der Waals surface area contributed by atoms with E-state index in [4.69, 9.17) is 9.47 Å². The van der Waals surface area contributed by atoms with E-state index < -0.39 is 5.60 Å². The first-order chi connectivity index (χ1) is 16.8. The summed E-state index contributed by atoms with van der Waals surface area (Å²) in [4.78, 5) is 24.1. The Balaban J connectivity index is 1.61. The largest absolute Gasteiger partial charge is 0.462 e. The van der Waals surface area contributed by atoms with E-state index in [0.29, 0.717) is 47.3 Å². The van der Waals surface area contributed by atoms with Gasteiger partial charge in [-0.15, -0.1) is 0 Å². The Morgan fingerprint density at radius 1 is 0.944 bits per heavy atom. The van der Waals surface area contributed by atoms with Crippen LogP contribution in [-0.2, 0) is 19.1 Å². The Morgan fingerprint density at radius 2 is 1.67 bits per heavy atom. The summed E-state index contributed by atoms with van der Waals surface area (Å²) in [5.74, 6) is 3.20. The predicted octanol–water partition coefficient (Wildman–Crippen LogP) is 7.67. The molecule has 0 aromatic rings. The van der Waals surface area contributed by atoms with Gasteiger partial charge in [0, 0.05) is 32.1 Å². The molecule has 4 heteroatoms. The fourth-order valence-electron chi connectivity index (χ4n) is 8.87. The standard InChI is InChI=1S/C32H50O4/c1-20(2)21(3)9-10-22(4)27-11-12-28-26-14-18-32(36-24(6)34)19-25(35-23(5)33)13-17-31(32,8)29(26)15-16-30(27,28)7/h9-10,14,20-22,25,27-29H,11-13,15-19H2,1-8H3/b10-9+/t21-,22+,25+,27?,28?,29?,30?,31?,32+/m0/s1. The molecule has 36 heavy (non-hydrogen) atoms. The maximum Gasteiger partial charge on any atom is 0.303 e. The first-order valence-corrected chi connectivity index (χ1v) is 14.6. The van der Waals surface area contributed by atoms with Gasteiger partial charge >= 0.3 is 11.9 Å². The summed E-state index contributed by atoms with van der Waals surface area (Å²) in [7, 11) is 0. The van der Waals surface area contributed by atoms with Crippen molar-refractivity contribution in [2.24, 2.45) is 46.3 Å². The first kappa shape index (κ1) is 27.5. The highest BCUT2D eigenvalue weighted by Gasteiger charge is 2.64.